The summed E-state index contributed by atoms with van der Waals surface area (Å²) in [5.41, 5.74) is 2.16. The Morgan fingerprint density at radius 1 is 1.36 bits per heavy atom. The molecule has 0 saturated carbocycles. The molecule has 196 valence electrons. The van der Waals surface area contributed by atoms with E-state index in [9.17, 15) is 13.0 Å². The minimum absolute atomic E-state index is 0. The Bertz CT molecular complexity index is 1310. The molecule has 0 radical (unpaired) electrons. The first-order chi connectivity index (χ1) is 16.7. The molecule has 2 N–H and O–H groups in total. The van der Waals surface area contributed by atoms with Crippen molar-refractivity contribution in [1.29, 1.82) is 0 Å². The third-order valence-electron chi connectivity index (χ3n) is 5.62. The first-order valence-electron chi connectivity index (χ1n) is 11.3. The molecule has 0 saturated heterocycles. The molecule has 0 bridgehead atoms. The molecule has 1 unspecified atom stereocenters. The molecular weight excluding hydrogens is 656 g/mol. The number of halogens is 1. The number of thiazole rings is 1. The Labute approximate surface area is 236 Å². The molecule has 1 atom stereocenters. The van der Waals surface area contributed by atoms with Gasteiger partial charge < -0.3 is 5.48 Å². The molecule has 2 aromatic rings. The summed E-state index contributed by atoms with van der Waals surface area (Å²) in [6.45, 7) is 5.72. The van der Waals surface area contributed by atoms with Gasteiger partial charge in [0.15, 0.2) is 0 Å². The van der Waals surface area contributed by atoms with Crippen molar-refractivity contribution in [2.45, 2.75) is 42.3 Å². The average Bonchev–Trinajstić information content (AvgIpc) is 3.33. The van der Waals surface area contributed by atoms with E-state index < -0.39 is 31.0 Å². The van der Waals surface area contributed by atoms with Gasteiger partial charge >= 0.3 is 219 Å². The van der Waals surface area contributed by atoms with E-state index in [4.69, 9.17) is 16.3 Å². The molecule has 1 aromatic carbocycles. The SMILES string of the molecule is CCC(=Cc1sc2c([n+]1CC)[Te]C(OC)C=C2)C=C1Sc2ccc(Cl)cc2N1CCCS(=O)(=O)O.[OH-]. The van der Waals surface area contributed by atoms with Crippen LogP contribution in [0.1, 0.15) is 36.6 Å². The van der Waals surface area contributed by atoms with Gasteiger partial charge in [0, 0.05) is 0 Å². The molecule has 4 rings (SSSR count). The normalized spacial score (nSPS) is 18.4. The second kappa shape index (κ2) is 12.8. The summed E-state index contributed by atoms with van der Waals surface area (Å²) in [5.74, 6) is -0.273. The molecule has 12 heteroatoms. The number of aromatic nitrogens is 1. The minimum Gasteiger partial charge on any atom is -0.870 e. The van der Waals surface area contributed by atoms with Crippen LogP contribution >= 0.6 is 34.7 Å². The van der Waals surface area contributed by atoms with E-state index in [1.165, 1.54) is 19.2 Å². The van der Waals surface area contributed by atoms with Gasteiger partial charge in [-0.25, -0.2) is 0 Å². The Hall–Kier alpha value is -0.870. The second-order valence-electron chi connectivity index (χ2n) is 8.00. The maximum absolute atomic E-state index is 11.3. The summed E-state index contributed by atoms with van der Waals surface area (Å²) in [5, 5.41) is 2.90. The molecule has 0 aliphatic carbocycles. The Balaban J connectivity index is 0.00000361. The Morgan fingerprint density at radius 3 is 2.81 bits per heavy atom. The fourth-order valence-corrected chi connectivity index (χ4v) is 10.6. The number of nitrogens with zero attached hydrogens (tertiary/aromatic N) is 2. The van der Waals surface area contributed by atoms with Crippen LogP contribution in [0.3, 0.4) is 0 Å². The maximum atomic E-state index is 11.3. The van der Waals surface area contributed by atoms with E-state index >= 15 is 0 Å². The predicted octanol–water partition coefficient (Wildman–Crippen LogP) is 4.39. The van der Waals surface area contributed by atoms with Crippen LogP contribution in [0.4, 0.5) is 5.69 Å². The van der Waals surface area contributed by atoms with Crippen molar-refractivity contribution in [3.8, 4) is 0 Å². The molecule has 3 heterocycles. The van der Waals surface area contributed by atoms with E-state index in [1.54, 1.807) is 18.9 Å². The summed E-state index contributed by atoms with van der Waals surface area (Å²) >= 11 is 9.29. The van der Waals surface area contributed by atoms with Crippen molar-refractivity contribution in [1.82, 2.24) is 0 Å². The molecular formula is C24H29ClN2O5S3Te. The Morgan fingerprint density at radius 2 is 2.14 bits per heavy atom. The smallest absolute Gasteiger partial charge is 0.870 e. The second-order valence-corrected chi connectivity index (χ2v) is 15.2. The average molecular weight is 685 g/mol. The molecule has 0 fully saturated rings. The molecule has 2 aliphatic heterocycles. The number of thioether (sulfide) groups is 1. The quantitative estimate of drug-likeness (QED) is 0.238. The van der Waals surface area contributed by atoms with Crippen LogP contribution in [0.15, 0.2) is 45.8 Å². The third-order valence-corrected chi connectivity index (χ3v) is 12.8. The van der Waals surface area contributed by atoms with Crippen LogP contribution in [0.25, 0.3) is 12.2 Å². The van der Waals surface area contributed by atoms with Crippen LogP contribution in [0, 0.1) is 0 Å². The van der Waals surface area contributed by atoms with Gasteiger partial charge in [-0.15, -0.1) is 0 Å². The van der Waals surface area contributed by atoms with Crippen LogP contribution in [0.5, 0.6) is 0 Å². The van der Waals surface area contributed by atoms with Crippen LogP contribution < -0.4 is 13.2 Å². The van der Waals surface area contributed by atoms with Crippen molar-refractivity contribution in [2.24, 2.45) is 0 Å². The standard InChI is InChI=1S/C24H27ClN2O4S3Te.H2O/c1-4-16(13-21-26(5-2)24-20(33-21)9-10-23(31-3)35-24)14-22-27(11-6-12-34(28,29)30)18-15-17(25)7-8-19(18)32-22;/h7-10,13-15,23H,4-6,11-12H2,1-3H3;1H2. The number of rotatable bonds is 9. The number of benzene rings is 1. The number of ether oxygens (including phenoxy) is 1. The zero-order valence-corrected chi connectivity index (χ0v) is 25.7. The van der Waals surface area contributed by atoms with Gasteiger partial charge in [0.1, 0.15) is 0 Å². The summed E-state index contributed by atoms with van der Waals surface area (Å²) in [6, 6.07) is 5.78. The van der Waals surface area contributed by atoms with Gasteiger partial charge in [-0.05, 0) is 0 Å². The number of allylic oxidation sites excluding steroid dienone is 2. The van der Waals surface area contributed by atoms with Crippen molar-refractivity contribution < 1.29 is 27.8 Å². The van der Waals surface area contributed by atoms with Crippen molar-refractivity contribution in [3.63, 3.8) is 0 Å². The van der Waals surface area contributed by atoms with Gasteiger partial charge in [-0.1, -0.05) is 0 Å². The van der Waals surface area contributed by atoms with E-state index in [0.29, 0.717) is 18.0 Å². The van der Waals surface area contributed by atoms with Crippen LogP contribution in [-0.2, 0) is 21.4 Å². The zero-order valence-electron chi connectivity index (χ0n) is 20.2. The summed E-state index contributed by atoms with van der Waals surface area (Å²) in [6.07, 6.45) is 10.0. The van der Waals surface area contributed by atoms with E-state index in [-0.39, 0.29) is 15.4 Å². The third kappa shape index (κ3) is 6.95. The topological polar surface area (TPSA) is 101 Å². The Kier molecular flexibility index (Phi) is 10.5. The predicted molar refractivity (Wildman–Crippen MR) is 149 cm³/mol. The van der Waals surface area contributed by atoms with Gasteiger partial charge in [-0.3, -0.25) is 4.55 Å². The van der Waals surface area contributed by atoms with Crippen molar-refractivity contribution in [2.75, 3.05) is 24.3 Å². The van der Waals surface area contributed by atoms with Gasteiger partial charge in [-0.2, -0.15) is 8.42 Å². The minimum atomic E-state index is -4.01. The molecule has 36 heavy (non-hydrogen) atoms. The summed E-state index contributed by atoms with van der Waals surface area (Å²) in [7, 11) is -2.23. The summed E-state index contributed by atoms with van der Waals surface area (Å²) in [4.78, 5) is 4.52. The molecule has 2 aliphatic rings. The van der Waals surface area contributed by atoms with E-state index in [2.05, 4.69) is 47.6 Å². The van der Waals surface area contributed by atoms with Crippen molar-refractivity contribution in [3.05, 3.63) is 55.9 Å². The first-order valence-corrected chi connectivity index (χ1v) is 17.4. The fraction of sp³-hybridized carbons (Fsp3) is 0.375. The van der Waals surface area contributed by atoms with E-state index in [0.717, 1.165) is 28.6 Å². The van der Waals surface area contributed by atoms with Gasteiger partial charge in [0.2, 0.25) is 0 Å². The van der Waals surface area contributed by atoms with Crippen molar-refractivity contribution >= 4 is 87.3 Å². The number of hydrogen-bond donors (Lipinski definition) is 1. The number of fused-ring (bicyclic) bond motifs is 2. The van der Waals surface area contributed by atoms with Crippen LogP contribution in [-0.4, -0.2) is 62.9 Å². The number of hydrogen-bond acceptors (Lipinski definition) is 7. The monoisotopic (exact) mass is 686 g/mol. The zero-order chi connectivity index (χ0) is 25.2. The molecule has 0 spiro atoms. The van der Waals surface area contributed by atoms with Crippen LogP contribution in [0.2, 0.25) is 5.02 Å². The first kappa shape index (κ1) is 29.7. The molecule has 1 aromatic heterocycles. The van der Waals surface area contributed by atoms with E-state index in [1.807, 2.05) is 29.5 Å². The molecule has 7 nitrogen and oxygen atoms in total. The number of methoxy groups -OCH3 is 1. The van der Waals surface area contributed by atoms with Gasteiger partial charge in [0.05, 0.1) is 0 Å². The fourth-order valence-electron chi connectivity index (χ4n) is 3.90. The van der Waals surface area contributed by atoms with Gasteiger partial charge in [0.25, 0.3) is 0 Å². The number of anilines is 1. The summed E-state index contributed by atoms with van der Waals surface area (Å²) < 4.78 is 41.5. The molecule has 0 amide bonds.